The first-order valence-corrected chi connectivity index (χ1v) is 5.82. The normalized spacial score (nSPS) is 51.7. The quantitative estimate of drug-likeness (QED) is 0.529. The van der Waals surface area contributed by atoms with Gasteiger partial charge in [-0.3, -0.25) is 9.59 Å². The zero-order chi connectivity index (χ0) is 10.1. The third-order valence-electron chi connectivity index (χ3n) is 2.91. The third-order valence-corrected chi connectivity index (χ3v) is 6.26. The highest BCUT2D eigenvalue weighted by Gasteiger charge is 2.86. The van der Waals surface area contributed by atoms with Crippen LogP contribution in [0.4, 0.5) is 0 Å². The van der Waals surface area contributed by atoms with Crippen molar-refractivity contribution in [2.45, 2.75) is 20.0 Å². The van der Waals surface area contributed by atoms with Crippen molar-refractivity contribution < 1.29 is 19.8 Å². The predicted octanol–water partition coefficient (Wildman–Crippen LogP) is 0.434. The van der Waals surface area contributed by atoms with Crippen LogP contribution in [0.25, 0.3) is 0 Å². The molecule has 0 spiro atoms. The molecule has 0 amide bonds. The number of aliphatic carboxylic acids is 2. The van der Waals surface area contributed by atoms with Gasteiger partial charge < -0.3 is 10.2 Å². The summed E-state index contributed by atoms with van der Waals surface area (Å²) in [7, 11) is 0. The van der Waals surface area contributed by atoms with Crippen molar-refractivity contribution in [2.24, 2.45) is 0 Å². The molecule has 0 radical (unpaired) electrons. The van der Waals surface area contributed by atoms with E-state index in [4.69, 9.17) is 10.2 Å². The summed E-state index contributed by atoms with van der Waals surface area (Å²) in [5.74, 6) is -2.03. The number of carboxylic acids is 2. The molecule has 0 aromatic heterocycles. The summed E-state index contributed by atoms with van der Waals surface area (Å²) < 4.78 is -2.29. The average molecular weight is 230 g/mol. The van der Waals surface area contributed by atoms with E-state index in [-0.39, 0.29) is 10.5 Å². The highest BCUT2D eigenvalue weighted by Crippen LogP contribution is 2.76. The second-order valence-electron chi connectivity index (χ2n) is 3.56. The molecule has 4 atom stereocenters. The fourth-order valence-electron chi connectivity index (χ4n) is 2.08. The molecule has 3 aliphatic rings. The number of thioether (sulfide) groups is 2. The van der Waals surface area contributed by atoms with Crippen LogP contribution in [0.1, 0.15) is 0 Å². The number of carbonyl (C=O) groups is 2. The van der Waals surface area contributed by atoms with Gasteiger partial charge in [0.1, 0.15) is 0 Å². The van der Waals surface area contributed by atoms with Gasteiger partial charge in [-0.25, -0.2) is 0 Å². The van der Waals surface area contributed by atoms with Crippen molar-refractivity contribution in [3.8, 4) is 0 Å². The summed E-state index contributed by atoms with van der Waals surface area (Å²) in [4.78, 5) is 22.2. The largest absolute Gasteiger partial charge is 0.480 e. The number of fused-ring (bicyclic) bond motifs is 3. The van der Waals surface area contributed by atoms with E-state index in [1.54, 1.807) is 17.8 Å². The molecule has 0 aromatic carbocycles. The summed E-state index contributed by atoms with van der Waals surface area (Å²) in [5, 5.41) is 18.3. The topological polar surface area (TPSA) is 74.6 Å². The maximum atomic E-state index is 11.1. The van der Waals surface area contributed by atoms with Crippen molar-refractivity contribution in [2.75, 3.05) is 0 Å². The van der Waals surface area contributed by atoms with Gasteiger partial charge >= 0.3 is 11.9 Å². The molecule has 2 fully saturated rings. The van der Waals surface area contributed by atoms with Gasteiger partial charge in [-0.05, 0) is 0 Å². The molecule has 3 rings (SSSR count). The van der Waals surface area contributed by atoms with E-state index in [9.17, 15) is 9.59 Å². The summed E-state index contributed by atoms with van der Waals surface area (Å²) >= 11 is 2.59. The van der Waals surface area contributed by atoms with Crippen LogP contribution < -0.4 is 0 Å². The predicted molar refractivity (Wildman–Crippen MR) is 52.6 cm³/mol. The minimum Gasteiger partial charge on any atom is -0.480 e. The lowest BCUT2D eigenvalue weighted by Crippen LogP contribution is -2.44. The second kappa shape index (κ2) is 2.14. The first-order chi connectivity index (χ1) is 6.54. The molecule has 0 aromatic rings. The zero-order valence-corrected chi connectivity index (χ0v) is 8.47. The lowest BCUT2D eigenvalue weighted by atomic mass is 9.84. The van der Waals surface area contributed by atoms with E-state index in [1.807, 2.05) is 6.08 Å². The van der Waals surface area contributed by atoms with Gasteiger partial charge in [0, 0.05) is 10.5 Å². The Balaban J connectivity index is 2.11. The Hall–Kier alpha value is -0.620. The molecule has 14 heavy (non-hydrogen) atoms. The van der Waals surface area contributed by atoms with Crippen molar-refractivity contribution in [1.82, 2.24) is 0 Å². The molecule has 2 N–H and O–H groups in total. The Morgan fingerprint density at radius 3 is 2.57 bits per heavy atom. The van der Waals surface area contributed by atoms with Crippen LogP contribution >= 0.6 is 23.5 Å². The molecule has 6 heteroatoms. The minimum atomic E-state index is -1.19. The van der Waals surface area contributed by atoms with Gasteiger partial charge in [-0.1, -0.05) is 12.2 Å². The number of hydrogen-bond acceptors (Lipinski definition) is 4. The van der Waals surface area contributed by atoms with Crippen molar-refractivity contribution in [3.63, 3.8) is 0 Å². The molecule has 1 aliphatic carbocycles. The lowest BCUT2D eigenvalue weighted by Gasteiger charge is -2.15. The van der Waals surface area contributed by atoms with Crippen molar-refractivity contribution in [1.29, 1.82) is 0 Å². The third kappa shape index (κ3) is 0.683. The monoisotopic (exact) mass is 230 g/mol. The van der Waals surface area contributed by atoms with Gasteiger partial charge in [0.05, 0.1) is 0 Å². The van der Waals surface area contributed by atoms with Gasteiger partial charge in [-0.15, -0.1) is 23.5 Å². The summed E-state index contributed by atoms with van der Waals surface area (Å²) in [6.45, 7) is 0. The molecule has 4 unspecified atom stereocenters. The molecular formula is C8H6O4S2. The number of hydrogen-bond donors (Lipinski definition) is 2. The minimum absolute atomic E-state index is 0.0499. The van der Waals surface area contributed by atoms with Crippen LogP contribution in [0, 0.1) is 0 Å². The molecular weight excluding hydrogens is 224 g/mol. The Morgan fingerprint density at radius 1 is 1.29 bits per heavy atom. The molecule has 2 aliphatic heterocycles. The van der Waals surface area contributed by atoms with E-state index < -0.39 is 21.4 Å². The van der Waals surface area contributed by atoms with Crippen LogP contribution in [0.2, 0.25) is 0 Å². The first-order valence-electron chi connectivity index (χ1n) is 4.06. The standard InChI is InChI=1S/C8H6O4S2/c9-5(10)7-2-1-3-4(13-3)8(7,14-7)6(11)12/h1-4H,(H,9,10)(H,11,12). The van der Waals surface area contributed by atoms with Crippen LogP contribution in [-0.2, 0) is 9.59 Å². The van der Waals surface area contributed by atoms with E-state index >= 15 is 0 Å². The van der Waals surface area contributed by atoms with E-state index in [0.717, 1.165) is 11.8 Å². The van der Waals surface area contributed by atoms with Crippen LogP contribution in [0.15, 0.2) is 12.2 Å². The maximum Gasteiger partial charge on any atom is 0.325 e. The Bertz CT molecular complexity index is 393. The average Bonchev–Trinajstić information content (AvgIpc) is 2.96. The smallest absolute Gasteiger partial charge is 0.325 e. The number of rotatable bonds is 2. The van der Waals surface area contributed by atoms with Crippen molar-refractivity contribution in [3.05, 3.63) is 12.2 Å². The molecule has 0 bridgehead atoms. The maximum absolute atomic E-state index is 11.1. The van der Waals surface area contributed by atoms with Crippen LogP contribution in [-0.4, -0.2) is 42.1 Å². The SMILES string of the molecule is O=C(O)C12C=CC3SC3C1(C(=O)O)S2. The summed E-state index contributed by atoms with van der Waals surface area (Å²) in [6, 6.07) is 0. The van der Waals surface area contributed by atoms with Gasteiger partial charge in [0.2, 0.25) is 0 Å². The fraction of sp³-hybridized carbons (Fsp3) is 0.500. The van der Waals surface area contributed by atoms with Crippen molar-refractivity contribution >= 4 is 35.5 Å². The summed E-state index contributed by atoms with van der Waals surface area (Å²) in [5.41, 5.74) is 0. The first kappa shape index (κ1) is 8.67. The van der Waals surface area contributed by atoms with E-state index in [2.05, 4.69) is 0 Å². The zero-order valence-electron chi connectivity index (χ0n) is 6.84. The Labute approximate surface area is 87.7 Å². The molecule has 2 heterocycles. The van der Waals surface area contributed by atoms with Gasteiger partial charge in [-0.2, -0.15) is 0 Å². The van der Waals surface area contributed by atoms with Crippen LogP contribution in [0.3, 0.4) is 0 Å². The Kier molecular flexibility index (Phi) is 1.32. The van der Waals surface area contributed by atoms with E-state index in [0.29, 0.717) is 0 Å². The molecule has 4 nitrogen and oxygen atoms in total. The van der Waals surface area contributed by atoms with Gasteiger partial charge in [0.25, 0.3) is 0 Å². The Morgan fingerprint density at radius 2 is 2.00 bits per heavy atom. The second-order valence-corrected chi connectivity index (χ2v) is 6.38. The molecule has 0 saturated carbocycles. The molecule has 2 saturated heterocycles. The van der Waals surface area contributed by atoms with E-state index in [1.165, 1.54) is 0 Å². The van der Waals surface area contributed by atoms with Gasteiger partial charge in [0.15, 0.2) is 9.49 Å². The number of carboxylic acid groups (broad SMARTS) is 2. The van der Waals surface area contributed by atoms with Crippen LogP contribution in [0.5, 0.6) is 0 Å². The summed E-state index contributed by atoms with van der Waals surface area (Å²) in [6.07, 6.45) is 3.37. The highest BCUT2D eigenvalue weighted by molar-refractivity contribution is 8.15. The lowest BCUT2D eigenvalue weighted by molar-refractivity contribution is -0.145. The fourth-order valence-corrected chi connectivity index (χ4v) is 5.15. The highest BCUT2D eigenvalue weighted by atomic mass is 32.2. The molecule has 74 valence electrons.